The standard InChI is InChI=1S/C22H18Cl2F2N4O/c1-3-22(25,26)12-29-13(2)27-20-18(14-8-10-15(23)11-9-14)19(28-30(20)21(29)31)16-6-4-5-7-17(16)24/h4-11H,3,12H2,1-2H3. The van der Waals surface area contributed by atoms with Crippen molar-refractivity contribution in [1.29, 1.82) is 0 Å². The molecular weight excluding hydrogens is 445 g/mol. The van der Waals surface area contributed by atoms with Crippen molar-refractivity contribution in [3.8, 4) is 22.4 Å². The van der Waals surface area contributed by atoms with Crippen LogP contribution in [0.2, 0.25) is 10.0 Å². The summed E-state index contributed by atoms with van der Waals surface area (Å²) in [5.74, 6) is -2.87. The SMILES string of the molecule is CCC(F)(F)Cn1c(C)nc2c(-c3ccc(Cl)cc3)c(-c3ccccc3Cl)nn2c1=O. The molecule has 0 aliphatic heterocycles. The Kier molecular flexibility index (Phi) is 5.58. The highest BCUT2D eigenvalue weighted by molar-refractivity contribution is 6.33. The summed E-state index contributed by atoms with van der Waals surface area (Å²) in [7, 11) is 0. The topological polar surface area (TPSA) is 52.2 Å². The van der Waals surface area contributed by atoms with Gasteiger partial charge in [0.2, 0.25) is 0 Å². The number of nitrogens with zero attached hydrogens (tertiary/aromatic N) is 4. The molecule has 2 heterocycles. The van der Waals surface area contributed by atoms with Gasteiger partial charge in [-0.2, -0.15) is 9.61 Å². The second-order valence-corrected chi connectivity index (χ2v) is 8.03. The number of rotatable bonds is 5. The molecule has 4 rings (SSSR count). The van der Waals surface area contributed by atoms with E-state index in [0.717, 1.165) is 14.6 Å². The van der Waals surface area contributed by atoms with Gasteiger partial charge in [-0.25, -0.2) is 18.6 Å². The van der Waals surface area contributed by atoms with Crippen molar-refractivity contribution in [1.82, 2.24) is 19.2 Å². The lowest BCUT2D eigenvalue weighted by molar-refractivity contribution is -0.0220. The summed E-state index contributed by atoms with van der Waals surface area (Å²) in [5, 5.41) is 5.45. The first-order chi connectivity index (χ1) is 14.7. The second-order valence-electron chi connectivity index (χ2n) is 7.18. The van der Waals surface area contributed by atoms with Crippen molar-refractivity contribution in [3.05, 3.63) is 74.9 Å². The van der Waals surface area contributed by atoms with Gasteiger partial charge >= 0.3 is 5.69 Å². The van der Waals surface area contributed by atoms with E-state index < -0.39 is 24.6 Å². The number of aromatic nitrogens is 4. The van der Waals surface area contributed by atoms with Crippen LogP contribution >= 0.6 is 23.2 Å². The number of aryl methyl sites for hydroxylation is 1. The molecule has 5 nitrogen and oxygen atoms in total. The van der Waals surface area contributed by atoms with Crippen LogP contribution in [-0.2, 0) is 6.54 Å². The third-order valence-electron chi connectivity index (χ3n) is 5.10. The minimum atomic E-state index is -3.04. The molecule has 0 saturated carbocycles. The van der Waals surface area contributed by atoms with Crippen LogP contribution in [0.1, 0.15) is 19.2 Å². The van der Waals surface area contributed by atoms with Crippen molar-refractivity contribution in [3.63, 3.8) is 0 Å². The molecule has 0 N–H and O–H groups in total. The average molecular weight is 463 g/mol. The Morgan fingerprint density at radius 3 is 2.39 bits per heavy atom. The largest absolute Gasteiger partial charge is 0.352 e. The maximum Gasteiger partial charge on any atom is 0.352 e. The summed E-state index contributed by atoms with van der Waals surface area (Å²) < 4.78 is 30.1. The van der Waals surface area contributed by atoms with Gasteiger partial charge in [0.05, 0.1) is 17.1 Å². The normalized spacial score (nSPS) is 11.9. The number of alkyl halides is 2. The number of benzene rings is 2. The summed E-state index contributed by atoms with van der Waals surface area (Å²) in [5.41, 5.74) is 1.88. The molecule has 2 aromatic carbocycles. The first kappa shape index (κ1) is 21.5. The molecule has 9 heteroatoms. The Morgan fingerprint density at radius 2 is 1.74 bits per heavy atom. The van der Waals surface area contributed by atoms with Crippen molar-refractivity contribution in [2.45, 2.75) is 32.7 Å². The van der Waals surface area contributed by atoms with Crippen molar-refractivity contribution < 1.29 is 8.78 Å². The molecule has 0 aliphatic carbocycles. The lowest BCUT2D eigenvalue weighted by Crippen LogP contribution is -2.36. The number of hydrogen-bond acceptors (Lipinski definition) is 3. The van der Waals surface area contributed by atoms with Crippen LogP contribution < -0.4 is 5.69 Å². The Morgan fingerprint density at radius 1 is 1.06 bits per heavy atom. The summed E-state index contributed by atoms with van der Waals surface area (Å²) in [6.07, 6.45) is -0.392. The van der Waals surface area contributed by atoms with E-state index in [2.05, 4.69) is 10.1 Å². The van der Waals surface area contributed by atoms with Crippen molar-refractivity contribution in [2.75, 3.05) is 0 Å². The van der Waals surface area contributed by atoms with E-state index in [1.54, 1.807) is 48.5 Å². The van der Waals surface area contributed by atoms with E-state index in [0.29, 0.717) is 26.9 Å². The molecule has 0 atom stereocenters. The fourth-order valence-corrected chi connectivity index (χ4v) is 3.71. The lowest BCUT2D eigenvalue weighted by atomic mass is 10.0. The maximum absolute atomic E-state index is 14.1. The summed E-state index contributed by atoms with van der Waals surface area (Å²) in [6, 6.07) is 14.1. The van der Waals surface area contributed by atoms with Crippen LogP contribution in [0.4, 0.5) is 8.78 Å². The predicted molar refractivity (Wildman–Crippen MR) is 118 cm³/mol. The van der Waals surface area contributed by atoms with Gasteiger partial charge < -0.3 is 0 Å². The minimum absolute atomic E-state index is 0.173. The van der Waals surface area contributed by atoms with Crippen LogP contribution in [0.3, 0.4) is 0 Å². The molecule has 0 spiro atoms. The van der Waals surface area contributed by atoms with Crippen LogP contribution in [0.15, 0.2) is 53.3 Å². The molecule has 0 amide bonds. The maximum atomic E-state index is 14.1. The van der Waals surface area contributed by atoms with Crippen LogP contribution in [-0.4, -0.2) is 25.1 Å². The van der Waals surface area contributed by atoms with Gasteiger partial charge in [-0.3, -0.25) is 4.57 Å². The first-order valence-electron chi connectivity index (χ1n) is 9.60. The van der Waals surface area contributed by atoms with Gasteiger partial charge in [0.1, 0.15) is 11.5 Å². The van der Waals surface area contributed by atoms with E-state index in [4.69, 9.17) is 23.2 Å². The number of fused-ring (bicyclic) bond motifs is 1. The Hall–Kier alpha value is -2.77. The van der Waals surface area contributed by atoms with Crippen molar-refractivity contribution >= 4 is 28.8 Å². The highest BCUT2D eigenvalue weighted by Crippen LogP contribution is 2.37. The zero-order chi connectivity index (χ0) is 22.3. The molecule has 4 aromatic rings. The van der Waals surface area contributed by atoms with Crippen LogP contribution in [0, 0.1) is 6.92 Å². The molecule has 160 valence electrons. The van der Waals surface area contributed by atoms with E-state index in [1.807, 2.05) is 0 Å². The molecule has 0 saturated heterocycles. The summed E-state index contributed by atoms with van der Waals surface area (Å²) in [4.78, 5) is 17.6. The highest BCUT2D eigenvalue weighted by atomic mass is 35.5. The number of hydrogen-bond donors (Lipinski definition) is 0. The molecule has 0 bridgehead atoms. The molecule has 0 unspecified atom stereocenters. The van der Waals surface area contributed by atoms with E-state index >= 15 is 0 Å². The fraction of sp³-hybridized carbons (Fsp3) is 0.227. The van der Waals surface area contributed by atoms with Gasteiger partial charge in [-0.05, 0) is 30.7 Å². The van der Waals surface area contributed by atoms with Crippen LogP contribution in [0.5, 0.6) is 0 Å². The third-order valence-corrected chi connectivity index (χ3v) is 5.68. The molecule has 0 radical (unpaired) electrons. The van der Waals surface area contributed by atoms with Gasteiger partial charge in [0.15, 0.2) is 5.65 Å². The first-order valence-corrected chi connectivity index (χ1v) is 10.4. The Balaban J connectivity index is 2.06. The van der Waals surface area contributed by atoms with Gasteiger partial charge in [0, 0.05) is 17.0 Å². The second kappa shape index (κ2) is 8.05. The number of halogens is 4. The quantitative estimate of drug-likeness (QED) is 0.371. The van der Waals surface area contributed by atoms with E-state index in [9.17, 15) is 13.6 Å². The monoisotopic (exact) mass is 462 g/mol. The zero-order valence-electron chi connectivity index (χ0n) is 16.7. The van der Waals surface area contributed by atoms with E-state index in [-0.39, 0.29) is 11.5 Å². The van der Waals surface area contributed by atoms with E-state index in [1.165, 1.54) is 13.8 Å². The van der Waals surface area contributed by atoms with Gasteiger partial charge in [0.25, 0.3) is 5.92 Å². The fourth-order valence-electron chi connectivity index (χ4n) is 3.36. The van der Waals surface area contributed by atoms with Crippen molar-refractivity contribution in [2.24, 2.45) is 0 Å². The Bertz CT molecular complexity index is 1330. The predicted octanol–water partition coefficient (Wildman–Crippen LogP) is 5.89. The molecule has 0 aliphatic rings. The summed E-state index contributed by atoms with van der Waals surface area (Å²) >= 11 is 12.4. The Labute approximate surface area is 186 Å². The molecule has 2 aromatic heterocycles. The molecular formula is C22H18Cl2F2N4O. The lowest BCUT2D eigenvalue weighted by Gasteiger charge is -2.17. The molecule has 31 heavy (non-hydrogen) atoms. The summed E-state index contributed by atoms with van der Waals surface area (Å²) in [6.45, 7) is 2.13. The van der Waals surface area contributed by atoms with Crippen LogP contribution in [0.25, 0.3) is 28.0 Å². The minimum Gasteiger partial charge on any atom is -0.274 e. The highest BCUT2D eigenvalue weighted by Gasteiger charge is 2.30. The smallest absolute Gasteiger partial charge is 0.274 e. The molecule has 0 fully saturated rings. The van der Waals surface area contributed by atoms with Gasteiger partial charge in [-0.15, -0.1) is 0 Å². The average Bonchev–Trinajstić information content (AvgIpc) is 3.11. The third kappa shape index (κ3) is 3.95. The zero-order valence-corrected chi connectivity index (χ0v) is 18.3. The van der Waals surface area contributed by atoms with Gasteiger partial charge in [-0.1, -0.05) is 60.5 Å².